The minimum atomic E-state index is -0.639. The van der Waals surface area contributed by atoms with Crippen LogP contribution in [0.25, 0.3) is 0 Å². The fourth-order valence-corrected chi connectivity index (χ4v) is 1.96. The third kappa shape index (κ3) is 3.46. The average molecular weight is 281 g/mol. The molecular formula is C15H14ClFO2. The monoisotopic (exact) mass is 280 g/mol. The van der Waals surface area contributed by atoms with Crippen molar-refractivity contribution >= 4 is 11.6 Å². The molecule has 1 N–H and O–H groups in total. The lowest BCUT2D eigenvalue weighted by molar-refractivity contribution is 0.190. The fraction of sp³-hybridized carbons (Fsp3) is 0.200. The first-order chi connectivity index (χ1) is 9.08. The third-order valence-electron chi connectivity index (χ3n) is 2.76. The zero-order valence-electron chi connectivity index (χ0n) is 10.4. The minimum Gasteiger partial charge on any atom is -0.488 e. The summed E-state index contributed by atoms with van der Waals surface area (Å²) in [5.41, 5.74) is 1.05. The summed E-state index contributed by atoms with van der Waals surface area (Å²) in [7, 11) is 0. The first kappa shape index (κ1) is 13.8. The Morgan fingerprint density at radius 2 is 2.00 bits per heavy atom. The molecule has 0 fully saturated rings. The predicted octanol–water partition coefficient (Wildman–Crippen LogP) is 4.11. The number of aliphatic hydroxyl groups excluding tert-OH is 1. The van der Waals surface area contributed by atoms with Crippen LogP contribution in [0, 0.1) is 5.82 Å². The summed E-state index contributed by atoms with van der Waals surface area (Å²) in [4.78, 5) is 0. The minimum absolute atomic E-state index is 0.0656. The Bertz CT molecular complexity index is 570. The number of aliphatic hydroxyl groups is 1. The average Bonchev–Trinajstić information content (AvgIpc) is 2.40. The van der Waals surface area contributed by atoms with Crippen LogP contribution in [0.5, 0.6) is 5.75 Å². The molecule has 0 aliphatic carbocycles. The van der Waals surface area contributed by atoms with E-state index in [9.17, 15) is 9.50 Å². The number of halogens is 2. The molecule has 0 amide bonds. The number of benzene rings is 2. The molecule has 0 radical (unpaired) electrons. The van der Waals surface area contributed by atoms with E-state index in [1.54, 1.807) is 25.1 Å². The number of para-hydroxylation sites is 1. The molecule has 0 spiro atoms. The van der Waals surface area contributed by atoms with E-state index in [0.29, 0.717) is 21.9 Å². The van der Waals surface area contributed by atoms with Gasteiger partial charge < -0.3 is 9.84 Å². The van der Waals surface area contributed by atoms with Gasteiger partial charge in [0.1, 0.15) is 18.2 Å². The lowest BCUT2D eigenvalue weighted by Gasteiger charge is -2.13. The molecule has 0 aromatic heterocycles. The largest absolute Gasteiger partial charge is 0.488 e. The first-order valence-corrected chi connectivity index (χ1v) is 6.29. The van der Waals surface area contributed by atoms with Crippen molar-refractivity contribution < 1.29 is 14.2 Å². The molecule has 19 heavy (non-hydrogen) atoms. The Kier molecular flexibility index (Phi) is 4.40. The molecule has 100 valence electrons. The summed E-state index contributed by atoms with van der Waals surface area (Å²) >= 11 is 5.82. The molecule has 0 heterocycles. The standard InChI is InChI=1S/C15H14ClFO2/c1-10(18)13-4-2-3-5-15(13)19-9-11-8-12(16)6-7-14(11)17/h2-8,10,18H,9H2,1H3/t10-/m0/s1. The maximum absolute atomic E-state index is 13.5. The number of ether oxygens (including phenoxy) is 1. The summed E-state index contributed by atoms with van der Waals surface area (Å²) in [6, 6.07) is 11.5. The molecule has 2 aromatic carbocycles. The Morgan fingerprint density at radius 3 is 2.74 bits per heavy atom. The van der Waals surface area contributed by atoms with E-state index >= 15 is 0 Å². The van der Waals surface area contributed by atoms with Crippen LogP contribution in [-0.4, -0.2) is 5.11 Å². The number of hydrogen-bond acceptors (Lipinski definition) is 2. The lowest BCUT2D eigenvalue weighted by Crippen LogP contribution is -2.02. The van der Waals surface area contributed by atoms with Gasteiger partial charge in [-0.05, 0) is 31.2 Å². The van der Waals surface area contributed by atoms with E-state index < -0.39 is 6.10 Å². The highest BCUT2D eigenvalue weighted by Crippen LogP contribution is 2.26. The first-order valence-electron chi connectivity index (χ1n) is 5.91. The van der Waals surface area contributed by atoms with E-state index in [-0.39, 0.29) is 12.4 Å². The molecule has 0 aliphatic rings. The molecule has 4 heteroatoms. The van der Waals surface area contributed by atoms with E-state index in [1.165, 1.54) is 18.2 Å². The molecule has 2 nitrogen and oxygen atoms in total. The van der Waals surface area contributed by atoms with Crippen LogP contribution in [0.4, 0.5) is 4.39 Å². The topological polar surface area (TPSA) is 29.5 Å². The van der Waals surface area contributed by atoms with E-state index in [4.69, 9.17) is 16.3 Å². The van der Waals surface area contributed by atoms with Crippen LogP contribution in [0.3, 0.4) is 0 Å². The number of rotatable bonds is 4. The van der Waals surface area contributed by atoms with Crippen molar-refractivity contribution in [1.29, 1.82) is 0 Å². The molecule has 0 saturated carbocycles. The molecule has 0 bridgehead atoms. The molecule has 1 atom stereocenters. The van der Waals surface area contributed by atoms with Gasteiger partial charge in [0.2, 0.25) is 0 Å². The van der Waals surface area contributed by atoms with Gasteiger partial charge in [-0.1, -0.05) is 29.8 Å². The van der Waals surface area contributed by atoms with Gasteiger partial charge in [-0.3, -0.25) is 0 Å². The van der Waals surface area contributed by atoms with Crippen molar-refractivity contribution in [3.05, 3.63) is 64.4 Å². The van der Waals surface area contributed by atoms with Crippen molar-refractivity contribution in [3.63, 3.8) is 0 Å². The number of hydrogen-bond donors (Lipinski definition) is 1. The summed E-state index contributed by atoms with van der Waals surface area (Å²) in [5, 5.41) is 10.1. The highest BCUT2D eigenvalue weighted by Gasteiger charge is 2.10. The Labute approximate surface area is 116 Å². The highest BCUT2D eigenvalue weighted by atomic mass is 35.5. The van der Waals surface area contributed by atoms with Gasteiger partial charge >= 0.3 is 0 Å². The van der Waals surface area contributed by atoms with Gasteiger partial charge in [-0.2, -0.15) is 0 Å². The summed E-state index contributed by atoms with van der Waals surface area (Å²) in [6.45, 7) is 1.72. The smallest absolute Gasteiger partial charge is 0.129 e. The molecule has 0 unspecified atom stereocenters. The third-order valence-corrected chi connectivity index (χ3v) is 3.00. The van der Waals surface area contributed by atoms with Gasteiger partial charge in [0.15, 0.2) is 0 Å². The van der Waals surface area contributed by atoms with Crippen molar-refractivity contribution in [3.8, 4) is 5.75 Å². The maximum atomic E-state index is 13.5. The Hall–Kier alpha value is -1.58. The van der Waals surface area contributed by atoms with Crippen LogP contribution < -0.4 is 4.74 Å². The van der Waals surface area contributed by atoms with Gasteiger partial charge in [-0.25, -0.2) is 4.39 Å². The summed E-state index contributed by atoms with van der Waals surface area (Å²) < 4.78 is 19.1. The van der Waals surface area contributed by atoms with E-state index in [2.05, 4.69) is 0 Å². The van der Waals surface area contributed by atoms with Gasteiger partial charge in [0.25, 0.3) is 0 Å². The summed E-state index contributed by atoms with van der Waals surface area (Å²) in [6.07, 6.45) is -0.639. The van der Waals surface area contributed by atoms with Crippen molar-refractivity contribution in [2.24, 2.45) is 0 Å². The van der Waals surface area contributed by atoms with Crippen LogP contribution >= 0.6 is 11.6 Å². The van der Waals surface area contributed by atoms with Crippen LogP contribution in [-0.2, 0) is 6.61 Å². The van der Waals surface area contributed by atoms with Crippen molar-refractivity contribution in [2.45, 2.75) is 19.6 Å². The quantitative estimate of drug-likeness (QED) is 0.913. The lowest BCUT2D eigenvalue weighted by atomic mass is 10.1. The van der Waals surface area contributed by atoms with Crippen LogP contribution in [0.15, 0.2) is 42.5 Å². The normalized spacial score (nSPS) is 12.2. The molecule has 2 rings (SSSR count). The second kappa shape index (κ2) is 6.04. The maximum Gasteiger partial charge on any atom is 0.129 e. The zero-order chi connectivity index (χ0) is 13.8. The second-order valence-corrected chi connectivity index (χ2v) is 4.67. The van der Waals surface area contributed by atoms with Gasteiger partial charge in [0, 0.05) is 16.1 Å². The molecule has 0 aliphatic heterocycles. The highest BCUT2D eigenvalue weighted by molar-refractivity contribution is 6.30. The van der Waals surface area contributed by atoms with Gasteiger partial charge in [-0.15, -0.1) is 0 Å². The molecule has 0 saturated heterocycles. The van der Waals surface area contributed by atoms with E-state index in [0.717, 1.165) is 0 Å². The zero-order valence-corrected chi connectivity index (χ0v) is 11.2. The molecule has 2 aromatic rings. The Morgan fingerprint density at radius 1 is 1.26 bits per heavy atom. The SMILES string of the molecule is C[C@H](O)c1ccccc1OCc1cc(Cl)ccc1F. The summed E-state index contributed by atoms with van der Waals surface area (Å²) in [5.74, 6) is 0.177. The van der Waals surface area contributed by atoms with Crippen LogP contribution in [0.1, 0.15) is 24.2 Å². The molecular weight excluding hydrogens is 267 g/mol. The van der Waals surface area contributed by atoms with Crippen LogP contribution in [0.2, 0.25) is 5.02 Å². The second-order valence-electron chi connectivity index (χ2n) is 4.24. The van der Waals surface area contributed by atoms with Gasteiger partial charge in [0.05, 0.1) is 6.10 Å². The fourth-order valence-electron chi connectivity index (χ4n) is 1.77. The predicted molar refractivity (Wildman–Crippen MR) is 72.8 cm³/mol. The Balaban J connectivity index is 2.17. The van der Waals surface area contributed by atoms with E-state index in [1.807, 2.05) is 6.07 Å². The van der Waals surface area contributed by atoms with Crippen molar-refractivity contribution in [1.82, 2.24) is 0 Å². The van der Waals surface area contributed by atoms with Crippen molar-refractivity contribution in [2.75, 3.05) is 0 Å².